The van der Waals surface area contributed by atoms with E-state index in [-0.39, 0.29) is 25.5 Å². The van der Waals surface area contributed by atoms with Crippen LogP contribution in [0.25, 0.3) is 0 Å². The van der Waals surface area contributed by atoms with E-state index in [9.17, 15) is 13.6 Å². The Hall–Kier alpha value is -1.20. The lowest BCUT2D eigenvalue weighted by atomic mass is 10.1. The van der Waals surface area contributed by atoms with Gasteiger partial charge in [0.25, 0.3) is 11.8 Å². The summed E-state index contributed by atoms with van der Waals surface area (Å²) in [5.41, 5.74) is 0.394. The minimum atomic E-state index is -2.87. The molecule has 0 spiro atoms. The van der Waals surface area contributed by atoms with Crippen LogP contribution in [0.2, 0.25) is 0 Å². The van der Waals surface area contributed by atoms with Gasteiger partial charge in [-0.15, -0.1) is 12.4 Å². The molecule has 0 aromatic heterocycles. The molecule has 94 valence electrons. The number of nitrogens with one attached hydrogen (secondary N) is 2. The Morgan fingerprint density at radius 1 is 1.35 bits per heavy atom. The number of alkyl halides is 2. The van der Waals surface area contributed by atoms with Crippen molar-refractivity contribution in [2.75, 3.05) is 13.1 Å². The zero-order valence-corrected chi connectivity index (χ0v) is 9.77. The van der Waals surface area contributed by atoms with Crippen LogP contribution in [0, 0.1) is 0 Å². The van der Waals surface area contributed by atoms with E-state index >= 15 is 0 Å². The largest absolute Gasteiger partial charge is 0.342 e. The lowest BCUT2D eigenvalue weighted by molar-refractivity contribution is -0.00246. The zero-order chi connectivity index (χ0) is 11.6. The van der Waals surface area contributed by atoms with E-state index in [1.807, 2.05) is 0 Å². The maximum absolute atomic E-state index is 13.2. The fourth-order valence-corrected chi connectivity index (χ4v) is 1.64. The zero-order valence-electron chi connectivity index (χ0n) is 8.95. The topological polar surface area (TPSA) is 41.1 Å². The molecule has 0 radical (unpaired) electrons. The first-order chi connectivity index (χ1) is 7.59. The third-order valence-corrected chi connectivity index (χ3v) is 2.56. The molecule has 1 aromatic carbocycles. The maximum atomic E-state index is 13.2. The summed E-state index contributed by atoms with van der Waals surface area (Å²) in [6.07, 6.45) is 0. The molecule has 1 unspecified atom stereocenters. The SMILES string of the molecule is Cl.O=C(NC1CNCC1(F)F)c1ccccc1. The first kappa shape index (κ1) is 13.9. The van der Waals surface area contributed by atoms with Crippen molar-refractivity contribution in [3.8, 4) is 0 Å². The fourth-order valence-electron chi connectivity index (χ4n) is 1.64. The molecule has 0 aliphatic carbocycles. The van der Waals surface area contributed by atoms with E-state index in [4.69, 9.17) is 0 Å². The Labute approximate surface area is 104 Å². The van der Waals surface area contributed by atoms with E-state index in [2.05, 4.69) is 10.6 Å². The second kappa shape index (κ2) is 5.42. The summed E-state index contributed by atoms with van der Waals surface area (Å²) in [4.78, 5) is 11.6. The second-order valence-corrected chi connectivity index (χ2v) is 3.78. The number of amides is 1. The third-order valence-electron chi connectivity index (χ3n) is 2.56. The Bertz CT molecular complexity index is 386. The summed E-state index contributed by atoms with van der Waals surface area (Å²) in [5, 5.41) is 4.89. The van der Waals surface area contributed by atoms with Gasteiger partial charge in [0.05, 0.1) is 6.54 Å². The van der Waals surface area contributed by atoms with E-state index in [0.29, 0.717) is 5.56 Å². The van der Waals surface area contributed by atoms with Crippen LogP contribution in [0.3, 0.4) is 0 Å². The van der Waals surface area contributed by atoms with Crippen molar-refractivity contribution in [3.05, 3.63) is 35.9 Å². The number of hydrogen-bond donors (Lipinski definition) is 2. The molecule has 1 saturated heterocycles. The summed E-state index contributed by atoms with van der Waals surface area (Å²) in [6, 6.07) is 7.22. The molecule has 1 aliphatic heterocycles. The summed E-state index contributed by atoms with van der Waals surface area (Å²) in [7, 11) is 0. The Morgan fingerprint density at radius 2 is 2.00 bits per heavy atom. The average Bonchev–Trinajstić information content (AvgIpc) is 2.59. The highest BCUT2D eigenvalue weighted by Crippen LogP contribution is 2.22. The van der Waals surface area contributed by atoms with Crippen LogP contribution < -0.4 is 10.6 Å². The molecule has 1 aliphatic rings. The van der Waals surface area contributed by atoms with Gasteiger partial charge in [-0.1, -0.05) is 18.2 Å². The predicted molar refractivity (Wildman–Crippen MR) is 62.8 cm³/mol. The summed E-state index contributed by atoms with van der Waals surface area (Å²) in [5.74, 6) is -3.33. The number of carbonyl (C=O) groups is 1. The average molecular weight is 263 g/mol. The highest BCUT2D eigenvalue weighted by Gasteiger charge is 2.44. The van der Waals surface area contributed by atoms with Crippen LogP contribution in [0.15, 0.2) is 30.3 Å². The molecular formula is C11H13ClF2N2O. The van der Waals surface area contributed by atoms with Gasteiger partial charge in [-0.05, 0) is 12.1 Å². The van der Waals surface area contributed by atoms with E-state index in [1.165, 1.54) is 0 Å². The third kappa shape index (κ3) is 3.14. The molecule has 2 N–H and O–H groups in total. The molecule has 2 rings (SSSR count). The molecule has 0 bridgehead atoms. The number of halogens is 3. The fraction of sp³-hybridized carbons (Fsp3) is 0.364. The number of hydrogen-bond acceptors (Lipinski definition) is 2. The molecule has 17 heavy (non-hydrogen) atoms. The van der Waals surface area contributed by atoms with Crippen LogP contribution in [0.5, 0.6) is 0 Å². The van der Waals surface area contributed by atoms with Crippen LogP contribution in [-0.2, 0) is 0 Å². The Kier molecular flexibility index (Phi) is 4.42. The second-order valence-electron chi connectivity index (χ2n) is 3.78. The van der Waals surface area contributed by atoms with Gasteiger partial charge >= 0.3 is 0 Å². The molecule has 1 aromatic rings. The van der Waals surface area contributed by atoms with Crippen molar-refractivity contribution in [2.24, 2.45) is 0 Å². The lowest BCUT2D eigenvalue weighted by Gasteiger charge is -2.19. The number of benzene rings is 1. The normalized spacial score (nSPS) is 21.6. The van der Waals surface area contributed by atoms with Crippen LogP contribution in [0.1, 0.15) is 10.4 Å². The number of carbonyl (C=O) groups excluding carboxylic acids is 1. The molecule has 3 nitrogen and oxygen atoms in total. The van der Waals surface area contributed by atoms with Gasteiger partial charge in [-0.25, -0.2) is 8.78 Å². The summed E-state index contributed by atoms with van der Waals surface area (Å²) in [6.45, 7) is -0.279. The monoisotopic (exact) mass is 262 g/mol. The highest BCUT2D eigenvalue weighted by atomic mass is 35.5. The predicted octanol–water partition coefficient (Wildman–Crippen LogP) is 1.45. The molecule has 6 heteroatoms. The minimum absolute atomic E-state index is 0. The maximum Gasteiger partial charge on any atom is 0.281 e. The van der Waals surface area contributed by atoms with Crippen molar-refractivity contribution >= 4 is 18.3 Å². The van der Waals surface area contributed by atoms with Crippen molar-refractivity contribution in [1.29, 1.82) is 0 Å². The quantitative estimate of drug-likeness (QED) is 0.847. The molecule has 1 heterocycles. The van der Waals surface area contributed by atoms with Gasteiger partial charge in [0, 0.05) is 12.1 Å². The first-order valence-electron chi connectivity index (χ1n) is 5.04. The first-order valence-corrected chi connectivity index (χ1v) is 5.04. The van der Waals surface area contributed by atoms with E-state index in [0.717, 1.165) is 0 Å². The molecule has 1 amide bonds. The van der Waals surface area contributed by atoms with Gasteiger partial charge in [-0.2, -0.15) is 0 Å². The van der Waals surface area contributed by atoms with Crippen LogP contribution in [0.4, 0.5) is 8.78 Å². The number of rotatable bonds is 2. The van der Waals surface area contributed by atoms with Crippen molar-refractivity contribution in [3.63, 3.8) is 0 Å². The van der Waals surface area contributed by atoms with Gasteiger partial charge in [0.15, 0.2) is 0 Å². The lowest BCUT2D eigenvalue weighted by Crippen LogP contribution is -2.46. The Morgan fingerprint density at radius 3 is 2.53 bits per heavy atom. The molecule has 0 saturated carbocycles. The van der Waals surface area contributed by atoms with Crippen molar-refractivity contribution < 1.29 is 13.6 Å². The molecular weight excluding hydrogens is 250 g/mol. The van der Waals surface area contributed by atoms with Crippen LogP contribution >= 0.6 is 12.4 Å². The summed E-state index contributed by atoms with van der Waals surface area (Å²) < 4.78 is 26.4. The van der Waals surface area contributed by atoms with E-state index < -0.39 is 17.9 Å². The van der Waals surface area contributed by atoms with Gasteiger partial charge in [0.2, 0.25) is 0 Å². The molecule has 1 atom stereocenters. The van der Waals surface area contributed by atoms with Gasteiger partial charge in [-0.3, -0.25) is 4.79 Å². The molecule has 1 fully saturated rings. The summed E-state index contributed by atoms with van der Waals surface area (Å²) >= 11 is 0. The Balaban J connectivity index is 0.00000144. The van der Waals surface area contributed by atoms with Crippen LogP contribution in [-0.4, -0.2) is 31.0 Å². The van der Waals surface area contributed by atoms with Crippen molar-refractivity contribution in [2.45, 2.75) is 12.0 Å². The van der Waals surface area contributed by atoms with Gasteiger partial charge in [0.1, 0.15) is 6.04 Å². The van der Waals surface area contributed by atoms with E-state index in [1.54, 1.807) is 30.3 Å². The van der Waals surface area contributed by atoms with Gasteiger partial charge < -0.3 is 10.6 Å². The minimum Gasteiger partial charge on any atom is -0.342 e. The highest BCUT2D eigenvalue weighted by molar-refractivity contribution is 5.94. The smallest absolute Gasteiger partial charge is 0.281 e. The standard InChI is InChI=1S/C11H12F2N2O.ClH/c12-11(13)7-14-6-9(11)15-10(16)8-4-2-1-3-5-8;/h1-5,9,14H,6-7H2,(H,15,16);1H. The van der Waals surface area contributed by atoms with Crippen molar-refractivity contribution in [1.82, 2.24) is 10.6 Å².